The largest absolute Gasteiger partial charge is 0.419 e. The van der Waals surface area contributed by atoms with E-state index in [0.717, 1.165) is 25.5 Å². The second-order valence-electron chi connectivity index (χ2n) is 5.54. The molecule has 1 aliphatic rings. The Kier molecular flexibility index (Phi) is 4.88. The maximum absolute atomic E-state index is 13.3. The topological polar surface area (TPSA) is 32.3 Å². The van der Waals surface area contributed by atoms with Crippen LogP contribution in [0.15, 0.2) is 18.2 Å². The lowest BCUT2D eigenvalue weighted by Crippen LogP contribution is -2.42. The van der Waals surface area contributed by atoms with Gasteiger partial charge in [-0.1, -0.05) is 19.4 Å². The van der Waals surface area contributed by atoms with Crippen LogP contribution in [-0.4, -0.2) is 17.7 Å². The van der Waals surface area contributed by atoms with Gasteiger partial charge in [0.2, 0.25) is 0 Å². The predicted octanol–water partition coefficient (Wildman–Crippen LogP) is 3.66. The second kappa shape index (κ2) is 6.32. The van der Waals surface area contributed by atoms with Gasteiger partial charge in [0.05, 0.1) is 11.7 Å². The Morgan fingerprint density at radius 3 is 2.71 bits per heavy atom. The summed E-state index contributed by atoms with van der Waals surface area (Å²) in [6.45, 7) is 2.78. The van der Waals surface area contributed by atoms with Crippen molar-refractivity contribution in [2.45, 2.75) is 44.5 Å². The predicted molar refractivity (Wildman–Crippen MR) is 71.2 cm³/mol. The Hall–Kier alpha value is -1.14. The molecule has 21 heavy (non-hydrogen) atoms. The smallest absolute Gasteiger partial charge is 0.387 e. The molecule has 2 nitrogen and oxygen atoms in total. The van der Waals surface area contributed by atoms with Gasteiger partial charge in [-0.05, 0) is 43.0 Å². The molecule has 1 heterocycles. The molecule has 1 aromatic rings. The Morgan fingerprint density at radius 2 is 2.10 bits per heavy atom. The van der Waals surface area contributed by atoms with Crippen LogP contribution in [0.2, 0.25) is 0 Å². The van der Waals surface area contributed by atoms with E-state index in [1.165, 1.54) is 6.07 Å². The number of benzene rings is 1. The van der Waals surface area contributed by atoms with E-state index in [1.807, 2.05) is 0 Å². The van der Waals surface area contributed by atoms with E-state index in [-0.39, 0.29) is 11.6 Å². The molecule has 0 amide bonds. The van der Waals surface area contributed by atoms with Crippen LogP contribution in [0.25, 0.3) is 0 Å². The van der Waals surface area contributed by atoms with Gasteiger partial charge in [0.15, 0.2) is 0 Å². The summed E-state index contributed by atoms with van der Waals surface area (Å²) in [5.74, 6) is -0.866. The van der Waals surface area contributed by atoms with Crippen molar-refractivity contribution in [3.05, 3.63) is 35.1 Å². The number of aliphatic hydroxyl groups excluding tert-OH is 1. The Labute approximate surface area is 121 Å². The van der Waals surface area contributed by atoms with E-state index in [9.17, 15) is 22.7 Å². The first-order chi connectivity index (χ1) is 9.82. The monoisotopic (exact) mass is 305 g/mol. The quantitative estimate of drug-likeness (QED) is 0.835. The van der Waals surface area contributed by atoms with Crippen molar-refractivity contribution in [2.24, 2.45) is 5.92 Å². The van der Waals surface area contributed by atoms with Crippen molar-refractivity contribution in [3.63, 3.8) is 0 Å². The minimum Gasteiger partial charge on any atom is -0.387 e. The Bertz CT molecular complexity index is 489. The first-order valence-corrected chi connectivity index (χ1v) is 7.11. The normalized spacial score (nSPS) is 24.9. The highest BCUT2D eigenvalue weighted by Crippen LogP contribution is 2.34. The molecule has 1 aliphatic heterocycles. The third-order valence-electron chi connectivity index (χ3n) is 4.14. The zero-order valence-corrected chi connectivity index (χ0v) is 11.8. The summed E-state index contributed by atoms with van der Waals surface area (Å²) in [6.07, 6.45) is -3.15. The fourth-order valence-corrected chi connectivity index (χ4v) is 2.82. The summed E-state index contributed by atoms with van der Waals surface area (Å²) < 4.78 is 51.4. The average Bonchev–Trinajstić information content (AvgIpc) is 2.46. The van der Waals surface area contributed by atoms with Gasteiger partial charge in [0, 0.05) is 6.04 Å². The maximum atomic E-state index is 13.3. The maximum Gasteiger partial charge on any atom is 0.419 e. The third-order valence-corrected chi connectivity index (χ3v) is 4.14. The molecule has 0 radical (unpaired) electrons. The molecule has 0 bridgehead atoms. The molecular weight excluding hydrogens is 286 g/mol. The van der Waals surface area contributed by atoms with Gasteiger partial charge >= 0.3 is 6.18 Å². The van der Waals surface area contributed by atoms with Crippen molar-refractivity contribution in [1.29, 1.82) is 0 Å². The molecule has 1 aromatic carbocycles. The van der Waals surface area contributed by atoms with Gasteiger partial charge in [0.1, 0.15) is 5.82 Å². The first-order valence-electron chi connectivity index (χ1n) is 7.11. The van der Waals surface area contributed by atoms with Gasteiger partial charge in [-0.3, -0.25) is 0 Å². The standard InChI is InChI=1S/C15H19F4NO/c1-2-9-5-6-20-13(7-9)14(21)10-3-4-12(16)11(8-10)15(17,18)19/h3-4,8-9,13-14,20-21H,2,5-7H2,1H3. The highest BCUT2D eigenvalue weighted by Gasteiger charge is 2.35. The van der Waals surface area contributed by atoms with Crippen LogP contribution in [0.1, 0.15) is 43.4 Å². The highest BCUT2D eigenvalue weighted by atomic mass is 19.4. The van der Waals surface area contributed by atoms with E-state index < -0.39 is 23.7 Å². The van der Waals surface area contributed by atoms with Crippen LogP contribution in [0.4, 0.5) is 17.6 Å². The van der Waals surface area contributed by atoms with E-state index >= 15 is 0 Å². The van der Waals surface area contributed by atoms with Crippen LogP contribution in [0.3, 0.4) is 0 Å². The second-order valence-corrected chi connectivity index (χ2v) is 5.54. The first kappa shape index (κ1) is 16.2. The summed E-state index contributed by atoms with van der Waals surface area (Å²) in [4.78, 5) is 0. The number of hydrogen-bond acceptors (Lipinski definition) is 2. The van der Waals surface area contributed by atoms with Gasteiger partial charge in [-0.25, -0.2) is 4.39 Å². The number of halogens is 4. The molecule has 0 aromatic heterocycles. The Balaban J connectivity index is 2.21. The van der Waals surface area contributed by atoms with Crippen molar-refractivity contribution in [3.8, 4) is 0 Å². The molecule has 3 atom stereocenters. The molecule has 3 unspecified atom stereocenters. The number of piperidine rings is 1. The minimum absolute atomic E-state index is 0.0954. The number of alkyl halides is 3. The van der Waals surface area contributed by atoms with Gasteiger partial charge in [0.25, 0.3) is 0 Å². The molecular formula is C15H19F4NO. The summed E-state index contributed by atoms with van der Waals surface area (Å²) in [5, 5.41) is 13.4. The molecule has 1 saturated heterocycles. The van der Waals surface area contributed by atoms with Gasteiger partial charge in [-0.15, -0.1) is 0 Å². The van der Waals surface area contributed by atoms with Gasteiger partial charge in [-0.2, -0.15) is 13.2 Å². The molecule has 0 spiro atoms. The van der Waals surface area contributed by atoms with E-state index in [2.05, 4.69) is 12.2 Å². The lowest BCUT2D eigenvalue weighted by atomic mass is 9.86. The third kappa shape index (κ3) is 3.74. The van der Waals surface area contributed by atoms with Crippen LogP contribution in [0, 0.1) is 11.7 Å². The highest BCUT2D eigenvalue weighted by molar-refractivity contribution is 5.29. The van der Waals surface area contributed by atoms with E-state index in [0.29, 0.717) is 18.4 Å². The van der Waals surface area contributed by atoms with Crippen LogP contribution < -0.4 is 5.32 Å². The lowest BCUT2D eigenvalue weighted by molar-refractivity contribution is -0.140. The zero-order valence-electron chi connectivity index (χ0n) is 11.8. The molecule has 2 N–H and O–H groups in total. The molecule has 2 rings (SSSR count). The lowest BCUT2D eigenvalue weighted by Gasteiger charge is -2.33. The van der Waals surface area contributed by atoms with Crippen LogP contribution in [-0.2, 0) is 6.18 Å². The number of hydrogen-bond donors (Lipinski definition) is 2. The van der Waals surface area contributed by atoms with Crippen LogP contribution in [0.5, 0.6) is 0 Å². The summed E-state index contributed by atoms with van der Waals surface area (Å²) in [5.41, 5.74) is -1.24. The fraction of sp³-hybridized carbons (Fsp3) is 0.600. The van der Waals surface area contributed by atoms with Crippen molar-refractivity contribution in [2.75, 3.05) is 6.54 Å². The SMILES string of the molecule is CCC1CCNC(C(O)c2ccc(F)c(C(F)(F)F)c2)C1. The molecule has 1 fully saturated rings. The Morgan fingerprint density at radius 1 is 1.38 bits per heavy atom. The summed E-state index contributed by atoms with van der Waals surface area (Å²) in [6, 6.07) is 2.39. The average molecular weight is 305 g/mol. The molecule has 0 aliphatic carbocycles. The molecule has 118 valence electrons. The molecule has 6 heteroatoms. The summed E-state index contributed by atoms with van der Waals surface area (Å²) in [7, 11) is 0. The fourth-order valence-electron chi connectivity index (χ4n) is 2.82. The number of rotatable bonds is 3. The van der Waals surface area contributed by atoms with Crippen molar-refractivity contribution in [1.82, 2.24) is 5.32 Å². The van der Waals surface area contributed by atoms with Gasteiger partial charge < -0.3 is 10.4 Å². The zero-order chi connectivity index (χ0) is 15.6. The number of nitrogens with one attached hydrogen (secondary N) is 1. The van der Waals surface area contributed by atoms with Crippen LogP contribution >= 0.6 is 0 Å². The van der Waals surface area contributed by atoms with Crippen molar-refractivity contribution >= 4 is 0 Å². The number of aliphatic hydroxyl groups is 1. The summed E-state index contributed by atoms with van der Waals surface area (Å²) >= 11 is 0. The van der Waals surface area contributed by atoms with E-state index in [4.69, 9.17) is 0 Å². The van der Waals surface area contributed by atoms with Crippen molar-refractivity contribution < 1.29 is 22.7 Å². The minimum atomic E-state index is -4.76. The molecule has 0 saturated carbocycles. The van der Waals surface area contributed by atoms with E-state index in [1.54, 1.807) is 0 Å².